The van der Waals surface area contributed by atoms with Crippen LogP contribution in [-0.2, 0) is 11.3 Å². The van der Waals surface area contributed by atoms with Crippen molar-refractivity contribution in [3.05, 3.63) is 42.2 Å². The zero-order chi connectivity index (χ0) is 18.6. The summed E-state index contributed by atoms with van der Waals surface area (Å²) in [5.41, 5.74) is 2.09. The second kappa shape index (κ2) is 7.92. The Morgan fingerprint density at radius 1 is 1.15 bits per heavy atom. The molecule has 1 amide bonds. The Hall–Kier alpha value is -2.67. The second-order valence-corrected chi connectivity index (χ2v) is 7.10. The van der Waals surface area contributed by atoms with Gasteiger partial charge in [-0.25, -0.2) is 9.97 Å². The summed E-state index contributed by atoms with van der Waals surface area (Å²) in [6.45, 7) is 2.52. The van der Waals surface area contributed by atoms with Crippen molar-refractivity contribution in [2.24, 2.45) is 0 Å². The molecule has 2 N–H and O–H groups in total. The molecular weight excluding hydrogens is 342 g/mol. The van der Waals surface area contributed by atoms with Gasteiger partial charge in [-0.05, 0) is 37.0 Å². The van der Waals surface area contributed by atoms with Crippen LogP contribution in [0.25, 0.3) is 0 Å². The highest BCUT2D eigenvalue weighted by molar-refractivity contribution is 5.95. The predicted octanol–water partition coefficient (Wildman–Crippen LogP) is 2.18. The van der Waals surface area contributed by atoms with Gasteiger partial charge < -0.3 is 20.2 Å². The molecule has 2 aromatic rings. The number of carbonyl (C=O) groups is 1. The fraction of sp³-hybridized carbons (Fsp3) is 0.450. The van der Waals surface area contributed by atoms with Gasteiger partial charge in [0.2, 0.25) is 5.91 Å². The van der Waals surface area contributed by atoms with E-state index in [4.69, 9.17) is 0 Å². The molecular formula is C20H25N5O2. The first-order valence-electron chi connectivity index (χ1n) is 9.57. The molecule has 7 heteroatoms. The third-order valence-electron chi connectivity index (χ3n) is 5.33. The number of anilines is 3. The Morgan fingerprint density at radius 2 is 2.00 bits per heavy atom. The summed E-state index contributed by atoms with van der Waals surface area (Å²) >= 11 is 0. The molecule has 0 bridgehead atoms. The van der Waals surface area contributed by atoms with Crippen LogP contribution in [0.3, 0.4) is 0 Å². The molecule has 4 rings (SSSR count). The maximum absolute atomic E-state index is 11.8. The number of carbonyl (C=O) groups excluding carboxylic acids is 1. The number of hydrogen-bond donors (Lipinski definition) is 2. The molecule has 0 aliphatic carbocycles. The average molecular weight is 367 g/mol. The molecule has 7 nitrogen and oxygen atoms in total. The zero-order valence-electron chi connectivity index (χ0n) is 15.3. The lowest BCUT2D eigenvalue weighted by molar-refractivity contribution is -0.117. The van der Waals surface area contributed by atoms with Crippen LogP contribution >= 0.6 is 0 Å². The van der Waals surface area contributed by atoms with Gasteiger partial charge in [0.15, 0.2) is 0 Å². The van der Waals surface area contributed by atoms with E-state index in [-0.39, 0.29) is 18.6 Å². The second-order valence-electron chi connectivity index (χ2n) is 7.10. The lowest BCUT2D eigenvalue weighted by Gasteiger charge is -2.24. The number of nitrogens with one attached hydrogen (secondary N) is 1. The molecule has 2 aliphatic heterocycles. The molecule has 1 aromatic heterocycles. The van der Waals surface area contributed by atoms with E-state index in [2.05, 4.69) is 20.2 Å². The van der Waals surface area contributed by atoms with Gasteiger partial charge >= 0.3 is 0 Å². The minimum Gasteiger partial charge on any atom is -0.394 e. The van der Waals surface area contributed by atoms with Gasteiger partial charge in [-0.15, -0.1) is 0 Å². The van der Waals surface area contributed by atoms with Gasteiger partial charge in [0.1, 0.15) is 18.0 Å². The third-order valence-corrected chi connectivity index (χ3v) is 5.33. The van der Waals surface area contributed by atoms with Crippen molar-refractivity contribution in [2.45, 2.75) is 38.3 Å². The van der Waals surface area contributed by atoms with Crippen molar-refractivity contribution in [1.82, 2.24) is 9.97 Å². The molecule has 0 saturated carbocycles. The number of rotatable bonds is 6. The van der Waals surface area contributed by atoms with Crippen LogP contribution < -0.4 is 15.1 Å². The van der Waals surface area contributed by atoms with Crippen molar-refractivity contribution < 1.29 is 9.90 Å². The molecule has 2 fully saturated rings. The summed E-state index contributed by atoms with van der Waals surface area (Å²) in [4.78, 5) is 24.5. The molecule has 0 spiro atoms. The minimum absolute atomic E-state index is 0.147. The number of nitrogens with zero attached hydrogens (tertiary/aromatic N) is 4. The largest absolute Gasteiger partial charge is 0.394 e. The number of benzene rings is 1. The standard InChI is InChI=1S/C20H25N5O2/c26-13-17-3-1-9-24(17)19-11-18(22-14-23-19)21-12-15-5-7-16(8-6-15)25-10-2-4-20(25)27/h5-8,11,14,17,26H,1-4,9-10,12-13H2,(H,21,22,23). The maximum atomic E-state index is 11.8. The number of aliphatic hydroxyl groups excluding tert-OH is 1. The first-order chi connectivity index (χ1) is 13.2. The summed E-state index contributed by atoms with van der Waals surface area (Å²) in [6, 6.07) is 10.2. The van der Waals surface area contributed by atoms with Gasteiger partial charge in [-0.2, -0.15) is 0 Å². The predicted molar refractivity (Wildman–Crippen MR) is 105 cm³/mol. The fourth-order valence-corrected chi connectivity index (χ4v) is 3.84. The Bertz CT molecular complexity index is 795. The highest BCUT2D eigenvalue weighted by atomic mass is 16.3. The quantitative estimate of drug-likeness (QED) is 0.814. The maximum Gasteiger partial charge on any atom is 0.227 e. The Kier molecular flexibility index (Phi) is 5.20. The van der Waals surface area contributed by atoms with E-state index in [9.17, 15) is 9.90 Å². The minimum atomic E-state index is 0.147. The van der Waals surface area contributed by atoms with E-state index < -0.39 is 0 Å². The van der Waals surface area contributed by atoms with E-state index in [1.54, 1.807) is 6.33 Å². The van der Waals surface area contributed by atoms with E-state index >= 15 is 0 Å². The normalized spacial score (nSPS) is 19.7. The van der Waals surface area contributed by atoms with Crippen molar-refractivity contribution in [2.75, 3.05) is 34.8 Å². The van der Waals surface area contributed by atoms with Crippen LogP contribution in [0.4, 0.5) is 17.3 Å². The van der Waals surface area contributed by atoms with Crippen molar-refractivity contribution >= 4 is 23.2 Å². The topological polar surface area (TPSA) is 81.6 Å². The Morgan fingerprint density at radius 3 is 2.74 bits per heavy atom. The van der Waals surface area contributed by atoms with Gasteiger partial charge in [0, 0.05) is 37.8 Å². The Balaban J connectivity index is 1.39. The summed E-state index contributed by atoms with van der Waals surface area (Å²) in [6.07, 6.45) is 5.21. The van der Waals surface area contributed by atoms with E-state index in [1.807, 2.05) is 35.2 Å². The first kappa shape index (κ1) is 17.7. The molecule has 2 aliphatic rings. The Labute approximate surface area is 159 Å². The smallest absolute Gasteiger partial charge is 0.227 e. The van der Waals surface area contributed by atoms with Crippen molar-refractivity contribution in [3.63, 3.8) is 0 Å². The van der Waals surface area contributed by atoms with E-state index in [0.717, 1.165) is 55.2 Å². The molecule has 1 aromatic carbocycles. The number of aliphatic hydroxyl groups is 1. The van der Waals surface area contributed by atoms with Crippen LogP contribution in [0.1, 0.15) is 31.2 Å². The molecule has 1 unspecified atom stereocenters. The number of aromatic nitrogens is 2. The fourth-order valence-electron chi connectivity index (χ4n) is 3.84. The highest BCUT2D eigenvalue weighted by Gasteiger charge is 2.25. The lowest BCUT2D eigenvalue weighted by atomic mass is 10.2. The zero-order valence-corrected chi connectivity index (χ0v) is 15.3. The van der Waals surface area contributed by atoms with Crippen LogP contribution in [0.15, 0.2) is 36.7 Å². The monoisotopic (exact) mass is 367 g/mol. The van der Waals surface area contributed by atoms with Crippen molar-refractivity contribution in [1.29, 1.82) is 0 Å². The van der Waals surface area contributed by atoms with Gasteiger partial charge in [0.25, 0.3) is 0 Å². The molecule has 0 radical (unpaired) electrons. The van der Waals surface area contributed by atoms with E-state index in [0.29, 0.717) is 13.0 Å². The van der Waals surface area contributed by atoms with Crippen LogP contribution in [0.5, 0.6) is 0 Å². The van der Waals surface area contributed by atoms with Crippen LogP contribution in [0.2, 0.25) is 0 Å². The lowest BCUT2D eigenvalue weighted by Crippen LogP contribution is -2.32. The molecule has 1 atom stereocenters. The summed E-state index contributed by atoms with van der Waals surface area (Å²) < 4.78 is 0. The van der Waals surface area contributed by atoms with Gasteiger partial charge in [-0.1, -0.05) is 12.1 Å². The molecule has 2 saturated heterocycles. The molecule has 27 heavy (non-hydrogen) atoms. The summed E-state index contributed by atoms with van der Waals surface area (Å²) in [5.74, 6) is 1.83. The third kappa shape index (κ3) is 3.88. The van der Waals surface area contributed by atoms with Gasteiger partial charge in [0.05, 0.1) is 12.6 Å². The van der Waals surface area contributed by atoms with E-state index in [1.165, 1.54) is 0 Å². The highest BCUT2D eigenvalue weighted by Crippen LogP contribution is 2.25. The first-order valence-corrected chi connectivity index (χ1v) is 9.57. The van der Waals surface area contributed by atoms with Crippen molar-refractivity contribution in [3.8, 4) is 0 Å². The summed E-state index contributed by atoms with van der Waals surface area (Å²) in [5, 5.41) is 12.8. The SMILES string of the molecule is O=C1CCCN1c1ccc(CNc2cc(N3CCCC3CO)ncn2)cc1. The van der Waals surface area contributed by atoms with Crippen LogP contribution in [-0.4, -0.2) is 46.7 Å². The molecule has 142 valence electrons. The average Bonchev–Trinajstić information content (AvgIpc) is 3.36. The van der Waals surface area contributed by atoms with Gasteiger partial charge in [-0.3, -0.25) is 4.79 Å². The summed E-state index contributed by atoms with van der Waals surface area (Å²) in [7, 11) is 0. The number of amides is 1. The number of hydrogen-bond acceptors (Lipinski definition) is 6. The van der Waals surface area contributed by atoms with Crippen LogP contribution in [0, 0.1) is 0 Å². The molecule has 3 heterocycles.